The van der Waals surface area contributed by atoms with Gasteiger partial charge in [-0.2, -0.15) is 0 Å². The molecule has 0 aliphatic carbocycles. The first-order valence-electron chi connectivity index (χ1n) is 7.11. The zero-order valence-electron chi connectivity index (χ0n) is 12.1. The second-order valence-electron chi connectivity index (χ2n) is 5.28. The number of anilines is 1. The lowest BCUT2D eigenvalue weighted by Crippen LogP contribution is -2.48. The predicted molar refractivity (Wildman–Crippen MR) is 79.9 cm³/mol. The van der Waals surface area contributed by atoms with E-state index in [4.69, 9.17) is 5.73 Å². The molecule has 2 rings (SSSR count). The van der Waals surface area contributed by atoms with E-state index in [0.29, 0.717) is 12.1 Å². The number of amides is 1. The molecule has 0 saturated carbocycles. The summed E-state index contributed by atoms with van der Waals surface area (Å²) in [6.45, 7) is 1.21. The van der Waals surface area contributed by atoms with Gasteiger partial charge in [0.1, 0.15) is 0 Å². The first-order valence-corrected chi connectivity index (χ1v) is 7.11. The van der Waals surface area contributed by atoms with Crippen molar-refractivity contribution in [1.29, 1.82) is 0 Å². The molecule has 1 amide bonds. The third kappa shape index (κ3) is 3.33. The number of benzene rings is 1. The quantitative estimate of drug-likeness (QED) is 0.721. The zero-order valence-corrected chi connectivity index (χ0v) is 12.1. The SMILES string of the molecule is CNC(=O)C1CCCCN1Cc1cccc(N)c1C(=O)O. The van der Waals surface area contributed by atoms with Gasteiger partial charge in [0, 0.05) is 19.3 Å². The number of piperidine rings is 1. The lowest BCUT2D eigenvalue weighted by atomic mass is 9.98. The molecule has 4 N–H and O–H groups in total. The summed E-state index contributed by atoms with van der Waals surface area (Å²) < 4.78 is 0. The minimum Gasteiger partial charge on any atom is -0.478 e. The van der Waals surface area contributed by atoms with Gasteiger partial charge in [0.25, 0.3) is 0 Å². The standard InChI is InChI=1S/C15H21N3O3/c1-17-14(19)12-7-2-3-8-18(12)9-10-5-4-6-11(16)13(10)15(20)21/h4-6,12H,2-3,7-9,16H2,1H3,(H,17,19)(H,20,21). The number of hydrogen-bond acceptors (Lipinski definition) is 4. The van der Waals surface area contributed by atoms with Crippen LogP contribution in [0.3, 0.4) is 0 Å². The molecule has 114 valence electrons. The molecule has 0 bridgehead atoms. The summed E-state index contributed by atoms with van der Waals surface area (Å²) in [5.74, 6) is -1.05. The molecule has 0 radical (unpaired) electrons. The average Bonchev–Trinajstić information content (AvgIpc) is 2.46. The zero-order chi connectivity index (χ0) is 15.4. The van der Waals surface area contributed by atoms with E-state index >= 15 is 0 Å². The summed E-state index contributed by atoms with van der Waals surface area (Å²) in [7, 11) is 1.62. The first kappa shape index (κ1) is 15.3. The van der Waals surface area contributed by atoms with Crippen molar-refractivity contribution < 1.29 is 14.7 Å². The first-order chi connectivity index (χ1) is 10.0. The van der Waals surface area contributed by atoms with Gasteiger partial charge in [-0.25, -0.2) is 4.79 Å². The molecule has 21 heavy (non-hydrogen) atoms. The highest BCUT2D eigenvalue weighted by molar-refractivity contribution is 5.95. The Hall–Kier alpha value is -2.08. The summed E-state index contributed by atoms with van der Waals surface area (Å²) >= 11 is 0. The molecule has 1 aliphatic rings. The van der Waals surface area contributed by atoms with E-state index < -0.39 is 5.97 Å². The van der Waals surface area contributed by atoms with Crippen LogP contribution in [-0.4, -0.2) is 41.5 Å². The molecule has 1 saturated heterocycles. The van der Waals surface area contributed by atoms with E-state index in [2.05, 4.69) is 5.32 Å². The number of hydrogen-bond donors (Lipinski definition) is 3. The van der Waals surface area contributed by atoms with Crippen molar-refractivity contribution in [3.05, 3.63) is 29.3 Å². The number of carbonyl (C=O) groups is 2. The Kier molecular flexibility index (Phi) is 4.80. The maximum atomic E-state index is 12.0. The summed E-state index contributed by atoms with van der Waals surface area (Å²) in [5, 5.41) is 12.0. The molecule has 0 spiro atoms. The maximum Gasteiger partial charge on any atom is 0.338 e. The normalized spacial score (nSPS) is 19.2. The Balaban J connectivity index is 2.25. The third-order valence-electron chi connectivity index (χ3n) is 3.93. The van der Waals surface area contributed by atoms with Crippen LogP contribution in [0, 0.1) is 0 Å². The highest BCUT2D eigenvalue weighted by atomic mass is 16.4. The fraction of sp³-hybridized carbons (Fsp3) is 0.467. The summed E-state index contributed by atoms with van der Waals surface area (Å²) in [6, 6.07) is 4.89. The number of carbonyl (C=O) groups excluding carboxylic acids is 1. The van der Waals surface area contributed by atoms with Crippen LogP contribution in [0.15, 0.2) is 18.2 Å². The van der Waals surface area contributed by atoms with Crippen LogP contribution in [0.25, 0.3) is 0 Å². The van der Waals surface area contributed by atoms with Gasteiger partial charge in [-0.3, -0.25) is 9.69 Å². The number of likely N-dealkylation sites (tertiary alicyclic amines) is 1. The van der Waals surface area contributed by atoms with Gasteiger partial charge in [0.05, 0.1) is 11.6 Å². The van der Waals surface area contributed by atoms with E-state index in [0.717, 1.165) is 25.8 Å². The third-order valence-corrected chi connectivity index (χ3v) is 3.93. The Morgan fingerprint density at radius 3 is 2.86 bits per heavy atom. The molecule has 1 aliphatic heterocycles. The highest BCUT2D eigenvalue weighted by Gasteiger charge is 2.29. The number of nitrogen functional groups attached to an aromatic ring is 1. The lowest BCUT2D eigenvalue weighted by Gasteiger charge is -2.34. The minimum atomic E-state index is -1.03. The van der Waals surface area contributed by atoms with Crippen molar-refractivity contribution in [2.45, 2.75) is 31.8 Å². The minimum absolute atomic E-state index is 0.0181. The van der Waals surface area contributed by atoms with Crippen molar-refractivity contribution >= 4 is 17.6 Å². The number of likely N-dealkylation sites (N-methyl/N-ethyl adjacent to an activating group) is 1. The van der Waals surface area contributed by atoms with Gasteiger partial charge < -0.3 is 16.2 Å². The van der Waals surface area contributed by atoms with Crippen molar-refractivity contribution in [1.82, 2.24) is 10.2 Å². The van der Waals surface area contributed by atoms with Gasteiger partial charge in [-0.1, -0.05) is 18.6 Å². The topological polar surface area (TPSA) is 95.7 Å². The highest BCUT2D eigenvalue weighted by Crippen LogP contribution is 2.24. The summed E-state index contributed by atoms with van der Waals surface area (Å²) in [4.78, 5) is 25.4. The molecule has 6 nitrogen and oxygen atoms in total. The van der Waals surface area contributed by atoms with Gasteiger partial charge in [0.2, 0.25) is 5.91 Å². The fourth-order valence-corrected chi connectivity index (χ4v) is 2.88. The molecule has 1 atom stereocenters. The Bertz CT molecular complexity index is 545. The summed E-state index contributed by atoms with van der Waals surface area (Å²) in [5.41, 5.74) is 6.82. The molecule has 1 heterocycles. The van der Waals surface area contributed by atoms with Crippen LogP contribution in [0.2, 0.25) is 0 Å². The monoisotopic (exact) mass is 291 g/mol. The summed E-state index contributed by atoms with van der Waals surface area (Å²) in [6.07, 6.45) is 2.82. The Morgan fingerprint density at radius 2 is 2.19 bits per heavy atom. The molecule has 6 heteroatoms. The van der Waals surface area contributed by atoms with E-state index in [-0.39, 0.29) is 23.2 Å². The Morgan fingerprint density at radius 1 is 1.43 bits per heavy atom. The van der Waals surface area contributed by atoms with E-state index in [1.54, 1.807) is 25.2 Å². The van der Waals surface area contributed by atoms with Crippen LogP contribution in [0.1, 0.15) is 35.2 Å². The largest absolute Gasteiger partial charge is 0.478 e. The maximum absolute atomic E-state index is 12.0. The molecular formula is C15H21N3O3. The molecule has 1 aromatic carbocycles. The number of nitrogens with zero attached hydrogens (tertiary/aromatic N) is 1. The number of carboxylic acid groups (broad SMARTS) is 1. The molecule has 1 fully saturated rings. The molecular weight excluding hydrogens is 270 g/mol. The molecule has 0 aromatic heterocycles. The van der Waals surface area contributed by atoms with Crippen LogP contribution in [0.5, 0.6) is 0 Å². The van der Waals surface area contributed by atoms with Gasteiger partial charge in [-0.05, 0) is 31.0 Å². The van der Waals surface area contributed by atoms with Gasteiger partial charge in [-0.15, -0.1) is 0 Å². The van der Waals surface area contributed by atoms with E-state index in [9.17, 15) is 14.7 Å². The number of rotatable bonds is 4. The fourth-order valence-electron chi connectivity index (χ4n) is 2.88. The van der Waals surface area contributed by atoms with Crippen molar-refractivity contribution in [2.24, 2.45) is 0 Å². The van der Waals surface area contributed by atoms with Crippen LogP contribution < -0.4 is 11.1 Å². The molecule has 1 unspecified atom stereocenters. The number of nitrogens with one attached hydrogen (secondary N) is 1. The predicted octanol–water partition coefficient (Wildman–Crippen LogP) is 1.07. The van der Waals surface area contributed by atoms with E-state index in [1.165, 1.54) is 0 Å². The number of carboxylic acids is 1. The van der Waals surface area contributed by atoms with Crippen LogP contribution >= 0.6 is 0 Å². The van der Waals surface area contributed by atoms with Crippen LogP contribution in [-0.2, 0) is 11.3 Å². The van der Waals surface area contributed by atoms with Crippen LogP contribution in [0.4, 0.5) is 5.69 Å². The van der Waals surface area contributed by atoms with Gasteiger partial charge >= 0.3 is 5.97 Å². The van der Waals surface area contributed by atoms with Crippen molar-refractivity contribution in [3.8, 4) is 0 Å². The number of nitrogens with two attached hydrogens (primary N) is 1. The molecule has 1 aromatic rings. The average molecular weight is 291 g/mol. The second kappa shape index (κ2) is 6.58. The number of aromatic carboxylic acids is 1. The van der Waals surface area contributed by atoms with E-state index in [1.807, 2.05) is 4.90 Å². The lowest BCUT2D eigenvalue weighted by molar-refractivity contribution is -0.127. The smallest absolute Gasteiger partial charge is 0.338 e. The second-order valence-corrected chi connectivity index (χ2v) is 5.28. The van der Waals surface area contributed by atoms with Gasteiger partial charge in [0.15, 0.2) is 0 Å². The van der Waals surface area contributed by atoms with Crippen molar-refractivity contribution in [3.63, 3.8) is 0 Å². The van der Waals surface area contributed by atoms with Crippen molar-refractivity contribution in [2.75, 3.05) is 19.3 Å². The Labute approximate surface area is 123 Å².